The van der Waals surface area contributed by atoms with E-state index in [1.54, 1.807) is 0 Å². The maximum atomic E-state index is 12.2. The van der Waals surface area contributed by atoms with Gasteiger partial charge in [0.25, 0.3) is 0 Å². The third-order valence-electron chi connectivity index (χ3n) is 5.39. The van der Waals surface area contributed by atoms with Crippen molar-refractivity contribution in [1.82, 2.24) is 9.88 Å². The number of hydrogen-bond donors (Lipinski definition) is 1. The van der Waals surface area contributed by atoms with Crippen LogP contribution in [0.2, 0.25) is 0 Å². The van der Waals surface area contributed by atoms with Crippen molar-refractivity contribution in [2.45, 2.75) is 45.4 Å². The number of amides is 1. The summed E-state index contributed by atoms with van der Waals surface area (Å²) in [6, 6.07) is 6.63. The molecule has 0 spiro atoms. The smallest absolute Gasteiger partial charge is 0.225 e. The summed E-state index contributed by atoms with van der Waals surface area (Å²) < 4.78 is 0. The Morgan fingerprint density at radius 1 is 1.14 bits per heavy atom. The topological polar surface area (TPSA) is 36.1 Å². The van der Waals surface area contributed by atoms with Gasteiger partial charge in [0.15, 0.2) is 0 Å². The predicted octanol–water partition coefficient (Wildman–Crippen LogP) is 3.90. The van der Waals surface area contributed by atoms with Gasteiger partial charge in [0.1, 0.15) is 0 Å². The molecule has 2 aromatic rings. The Morgan fingerprint density at radius 2 is 1.86 bits per heavy atom. The molecule has 1 saturated carbocycles. The molecular weight excluding hydrogens is 272 g/mol. The summed E-state index contributed by atoms with van der Waals surface area (Å²) in [4.78, 5) is 17.9. The predicted molar refractivity (Wildman–Crippen MR) is 89.1 cm³/mol. The second kappa shape index (κ2) is 5.15. The number of aryl methyl sites for hydroxylation is 2. The van der Waals surface area contributed by atoms with Crippen molar-refractivity contribution >= 4 is 16.8 Å². The molecule has 2 aliphatic rings. The largest absolute Gasteiger partial charge is 0.358 e. The fourth-order valence-corrected chi connectivity index (χ4v) is 3.85. The van der Waals surface area contributed by atoms with Gasteiger partial charge in [-0.2, -0.15) is 0 Å². The van der Waals surface area contributed by atoms with Gasteiger partial charge in [-0.1, -0.05) is 11.6 Å². The quantitative estimate of drug-likeness (QED) is 0.896. The minimum Gasteiger partial charge on any atom is -0.358 e. The average molecular weight is 296 g/mol. The highest BCUT2D eigenvalue weighted by atomic mass is 16.2. The third kappa shape index (κ3) is 2.33. The van der Waals surface area contributed by atoms with Crippen molar-refractivity contribution in [2.75, 3.05) is 13.1 Å². The Balaban J connectivity index is 1.53. The number of H-pyrrole nitrogens is 1. The van der Waals surface area contributed by atoms with Crippen LogP contribution in [0.1, 0.15) is 48.4 Å². The van der Waals surface area contributed by atoms with Gasteiger partial charge in [-0.3, -0.25) is 4.79 Å². The first-order chi connectivity index (χ1) is 10.6. The van der Waals surface area contributed by atoms with Gasteiger partial charge in [-0.25, -0.2) is 0 Å². The van der Waals surface area contributed by atoms with Crippen LogP contribution >= 0.6 is 0 Å². The number of likely N-dealkylation sites (tertiary alicyclic amines) is 1. The molecule has 2 heterocycles. The van der Waals surface area contributed by atoms with E-state index in [2.05, 4.69) is 41.9 Å². The number of fused-ring (bicyclic) bond motifs is 1. The van der Waals surface area contributed by atoms with E-state index < -0.39 is 0 Å². The highest BCUT2D eigenvalue weighted by molar-refractivity contribution is 5.85. The Labute approximate surface area is 131 Å². The number of hydrogen-bond acceptors (Lipinski definition) is 1. The lowest BCUT2D eigenvalue weighted by Gasteiger charge is -2.32. The second-order valence-electron chi connectivity index (χ2n) is 7.09. The molecule has 1 aromatic carbocycles. The summed E-state index contributed by atoms with van der Waals surface area (Å²) in [5.74, 6) is 1.33. The van der Waals surface area contributed by atoms with Gasteiger partial charge < -0.3 is 9.88 Å². The van der Waals surface area contributed by atoms with Crippen LogP contribution in [0.5, 0.6) is 0 Å². The average Bonchev–Trinajstić information content (AvgIpc) is 3.33. The normalized spacial score (nSPS) is 19.8. The molecule has 2 fully saturated rings. The van der Waals surface area contributed by atoms with Crippen molar-refractivity contribution in [3.8, 4) is 0 Å². The van der Waals surface area contributed by atoms with Crippen LogP contribution in [0.25, 0.3) is 10.9 Å². The number of carbonyl (C=O) groups is 1. The van der Waals surface area contributed by atoms with E-state index in [-0.39, 0.29) is 0 Å². The maximum absolute atomic E-state index is 12.2. The number of nitrogens with one attached hydrogen (secondary N) is 1. The molecule has 1 saturated heterocycles. The van der Waals surface area contributed by atoms with Crippen molar-refractivity contribution in [3.05, 3.63) is 35.0 Å². The van der Waals surface area contributed by atoms with Crippen LogP contribution in [0.3, 0.4) is 0 Å². The van der Waals surface area contributed by atoms with E-state index in [4.69, 9.17) is 0 Å². The van der Waals surface area contributed by atoms with Gasteiger partial charge in [-0.05, 0) is 57.2 Å². The van der Waals surface area contributed by atoms with Gasteiger partial charge in [0.05, 0.1) is 0 Å². The van der Waals surface area contributed by atoms with Gasteiger partial charge in [0, 0.05) is 41.5 Å². The fraction of sp³-hybridized carbons (Fsp3) is 0.526. The van der Waals surface area contributed by atoms with Crippen molar-refractivity contribution < 1.29 is 4.79 Å². The monoisotopic (exact) mass is 296 g/mol. The van der Waals surface area contributed by atoms with Crippen LogP contribution in [-0.4, -0.2) is 28.9 Å². The number of aromatic nitrogens is 1. The lowest BCUT2D eigenvalue weighted by atomic mass is 9.91. The van der Waals surface area contributed by atoms with E-state index in [0.29, 0.717) is 17.7 Å². The molecule has 116 valence electrons. The van der Waals surface area contributed by atoms with Gasteiger partial charge in [0.2, 0.25) is 5.91 Å². The highest BCUT2D eigenvalue weighted by Crippen LogP contribution is 2.36. The Bertz CT molecular complexity index is 718. The molecule has 1 amide bonds. The molecule has 1 aliphatic carbocycles. The van der Waals surface area contributed by atoms with Gasteiger partial charge in [-0.15, -0.1) is 0 Å². The minimum absolute atomic E-state index is 0.356. The first-order valence-corrected chi connectivity index (χ1v) is 8.51. The molecule has 4 rings (SSSR count). The first kappa shape index (κ1) is 13.9. The highest BCUT2D eigenvalue weighted by Gasteiger charge is 2.35. The summed E-state index contributed by atoms with van der Waals surface area (Å²) >= 11 is 0. The van der Waals surface area contributed by atoms with E-state index in [0.717, 1.165) is 38.8 Å². The third-order valence-corrected chi connectivity index (χ3v) is 5.39. The molecule has 1 aromatic heterocycles. The molecule has 3 heteroatoms. The van der Waals surface area contributed by atoms with Crippen LogP contribution in [0.15, 0.2) is 18.2 Å². The van der Waals surface area contributed by atoms with E-state index >= 15 is 0 Å². The lowest BCUT2D eigenvalue weighted by molar-refractivity contribution is -0.133. The Kier molecular flexibility index (Phi) is 3.24. The summed E-state index contributed by atoms with van der Waals surface area (Å²) in [6.45, 7) is 6.23. The fourth-order valence-electron chi connectivity index (χ4n) is 3.85. The number of aromatic amines is 1. The van der Waals surface area contributed by atoms with Crippen molar-refractivity contribution in [2.24, 2.45) is 5.92 Å². The second-order valence-corrected chi connectivity index (χ2v) is 7.09. The molecule has 0 unspecified atom stereocenters. The number of nitrogens with zero attached hydrogens (tertiary/aromatic N) is 1. The maximum Gasteiger partial charge on any atom is 0.225 e. The zero-order valence-electron chi connectivity index (χ0n) is 13.5. The van der Waals surface area contributed by atoms with E-state index in [9.17, 15) is 4.79 Å². The molecule has 1 aliphatic heterocycles. The number of carbonyl (C=O) groups excluding carboxylic acids is 1. The van der Waals surface area contributed by atoms with Crippen molar-refractivity contribution in [3.63, 3.8) is 0 Å². The van der Waals surface area contributed by atoms with Crippen LogP contribution < -0.4 is 0 Å². The Hall–Kier alpha value is -1.77. The molecule has 3 nitrogen and oxygen atoms in total. The van der Waals surface area contributed by atoms with Gasteiger partial charge >= 0.3 is 0 Å². The Morgan fingerprint density at radius 3 is 2.55 bits per heavy atom. The minimum atomic E-state index is 0.356. The number of benzene rings is 1. The van der Waals surface area contributed by atoms with E-state index in [1.807, 2.05) is 0 Å². The van der Waals surface area contributed by atoms with Crippen LogP contribution in [0, 0.1) is 19.8 Å². The first-order valence-electron chi connectivity index (χ1n) is 8.51. The SMILES string of the molecule is Cc1ccc2[nH]c(C3CCN(C(=O)C4CC4)CC3)c(C)c2c1. The zero-order chi connectivity index (χ0) is 15.3. The summed E-state index contributed by atoms with van der Waals surface area (Å²) in [5, 5.41) is 1.35. The summed E-state index contributed by atoms with van der Waals surface area (Å²) in [7, 11) is 0. The molecular formula is C19H24N2O. The summed E-state index contributed by atoms with van der Waals surface area (Å²) in [6.07, 6.45) is 4.40. The zero-order valence-corrected chi connectivity index (χ0v) is 13.5. The number of rotatable bonds is 2. The lowest BCUT2D eigenvalue weighted by Crippen LogP contribution is -2.38. The van der Waals surface area contributed by atoms with Crippen LogP contribution in [-0.2, 0) is 4.79 Å². The van der Waals surface area contributed by atoms with E-state index in [1.165, 1.54) is 27.7 Å². The molecule has 22 heavy (non-hydrogen) atoms. The standard InChI is InChI=1S/C19H24N2O/c1-12-3-6-17-16(11-12)13(2)18(20-17)14-7-9-21(10-8-14)19(22)15-4-5-15/h3,6,11,14-15,20H,4-5,7-10H2,1-2H3. The number of piperidine rings is 1. The van der Waals surface area contributed by atoms with Crippen LogP contribution in [0.4, 0.5) is 0 Å². The van der Waals surface area contributed by atoms with Crippen molar-refractivity contribution in [1.29, 1.82) is 0 Å². The molecule has 1 N–H and O–H groups in total. The molecule has 0 atom stereocenters. The summed E-state index contributed by atoms with van der Waals surface area (Å²) in [5.41, 5.74) is 5.34. The molecule has 0 bridgehead atoms. The molecule has 0 radical (unpaired) electrons.